The molecule has 1 aliphatic heterocycles. The van der Waals surface area contributed by atoms with E-state index < -0.39 is 0 Å². The van der Waals surface area contributed by atoms with Crippen molar-refractivity contribution < 1.29 is 4.74 Å². The van der Waals surface area contributed by atoms with Crippen molar-refractivity contribution in [3.63, 3.8) is 0 Å². The smallest absolute Gasteiger partial charge is 0.209 e. The zero-order chi connectivity index (χ0) is 14.8. The number of hydrogen-bond donors (Lipinski definition) is 1. The molecule has 0 saturated heterocycles. The van der Waals surface area contributed by atoms with E-state index in [0.29, 0.717) is 16.5 Å². The molecule has 1 heterocycles. The first-order valence-corrected chi connectivity index (χ1v) is 7.59. The van der Waals surface area contributed by atoms with Crippen LogP contribution in [0.2, 0.25) is 5.02 Å². The van der Waals surface area contributed by atoms with Gasteiger partial charge in [-0.15, -0.1) is 0 Å². The van der Waals surface area contributed by atoms with Gasteiger partial charge in [0.2, 0.25) is 5.96 Å². The first-order chi connectivity index (χ1) is 10.1. The molecule has 1 N–H and O–H groups in total. The summed E-state index contributed by atoms with van der Waals surface area (Å²) >= 11 is 7.67. The van der Waals surface area contributed by atoms with Gasteiger partial charge < -0.3 is 9.64 Å². The zero-order valence-electron chi connectivity index (χ0n) is 11.6. The van der Waals surface area contributed by atoms with Gasteiger partial charge >= 0.3 is 0 Å². The number of nitrogens with zero attached hydrogens (tertiary/aromatic N) is 2. The molecular weight excluding hydrogens is 306 g/mol. The van der Waals surface area contributed by atoms with Gasteiger partial charge in [0, 0.05) is 14.1 Å². The van der Waals surface area contributed by atoms with Crippen LogP contribution in [0.15, 0.2) is 52.4 Å². The number of para-hydroxylation sites is 2. The molecule has 1 aliphatic rings. The minimum absolute atomic E-state index is 0.577. The Balaban J connectivity index is 2.00. The van der Waals surface area contributed by atoms with Gasteiger partial charge in [0.25, 0.3) is 0 Å². The molecular formula is C15H14ClN3OS. The number of nitrogens with one attached hydrogen (secondary N) is 1. The first kappa shape index (κ1) is 14.1. The fourth-order valence-electron chi connectivity index (χ4n) is 1.84. The molecule has 6 heteroatoms. The molecule has 2 aromatic rings. The van der Waals surface area contributed by atoms with Crippen LogP contribution in [0.25, 0.3) is 0 Å². The second-order valence-corrected chi connectivity index (χ2v) is 5.92. The monoisotopic (exact) mass is 319 g/mol. The second-order valence-electron chi connectivity index (χ2n) is 4.67. The van der Waals surface area contributed by atoms with E-state index in [1.807, 2.05) is 55.4 Å². The summed E-state index contributed by atoms with van der Waals surface area (Å²) in [7, 11) is 3.88. The maximum Gasteiger partial charge on any atom is 0.209 e. The van der Waals surface area contributed by atoms with Gasteiger partial charge in [-0.2, -0.15) is 0 Å². The van der Waals surface area contributed by atoms with E-state index in [1.165, 1.54) is 11.9 Å². The summed E-state index contributed by atoms with van der Waals surface area (Å²) in [5, 5.41) is 0.577. The third-order valence-electron chi connectivity index (χ3n) is 2.91. The highest BCUT2D eigenvalue weighted by molar-refractivity contribution is 7.98. The summed E-state index contributed by atoms with van der Waals surface area (Å²) in [6.07, 6.45) is 0. The van der Waals surface area contributed by atoms with Crippen LogP contribution in [-0.2, 0) is 0 Å². The fraction of sp³-hybridized carbons (Fsp3) is 0.133. The Labute approximate surface area is 132 Å². The van der Waals surface area contributed by atoms with E-state index >= 15 is 0 Å². The van der Waals surface area contributed by atoms with Gasteiger partial charge in [0.1, 0.15) is 11.4 Å². The summed E-state index contributed by atoms with van der Waals surface area (Å²) in [5.41, 5.74) is 0.810. The van der Waals surface area contributed by atoms with Gasteiger partial charge in [0.05, 0.1) is 9.92 Å². The normalized spacial score (nSPS) is 13.0. The third-order valence-corrected chi connectivity index (χ3v) is 4.06. The average molecular weight is 320 g/mol. The van der Waals surface area contributed by atoms with E-state index in [1.54, 1.807) is 6.07 Å². The molecule has 0 spiro atoms. The maximum absolute atomic E-state index is 6.15. The van der Waals surface area contributed by atoms with Crippen molar-refractivity contribution in [1.29, 1.82) is 0 Å². The molecule has 0 radical (unpaired) electrons. The number of hydrogen-bond acceptors (Lipinski definition) is 5. The van der Waals surface area contributed by atoms with Crippen molar-refractivity contribution in [3.05, 3.63) is 47.5 Å². The van der Waals surface area contributed by atoms with Gasteiger partial charge in [0.15, 0.2) is 5.75 Å². The fourth-order valence-corrected chi connectivity index (χ4v) is 2.84. The molecule has 0 unspecified atom stereocenters. The largest absolute Gasteiger partial charge is 0.453 e. The SMILES string of the molecule is CN(C)C1=Nc2c(Oc3ccccc3Cl)cccc2SN1. The maximum atomic E-state index is 6.15. The molecule has 21 heavy (non-hydrogen) atoms. The molecule has 0 atom stereocenters. The summed E-state index contributed by atoms with van der Waals surface area (Å²) in [5.74, 6) is 2.09. The molecule has 3 rings (SSSR count). The Morgan fingerprint density at radius 2 is 1.86 bits per heavy atom. The van der Waals surface area contributed by atoms with Crippen LogP contribution in [-0.4, -0.2) is 25.0 Å². The summed E-state index contributed by atoms with van der Waals surface area (Å²) in [6, 6.07) is 13.2. The predicted molar refractivity (Wildman–Crippen MR) is 87.7 cm³/mol. The number of benzene rings is 2. The molecule has 0 saturated carbocycles. The highest BCUT2D eigenvalue weighted by atomic mass is 35.5. The Kier molecular flexibility index (Phi) is 3.94. The third kappa shape index (κ3) is 2.94. The molecule has 2 aromatic carbocycles. The number of halogens is 1. The van der Waals surface area contributed by atoms with Crippen molar-refractivity contribution in [3.8, 4) is 11.5 Å². The summed E-state index contributed by atoms with van der Waals surface area (Å²) < 4.78 is 9.13. The predicted octanol–water partition coefficient (Wildman–Crippen LogP) is 4.29. The van der Waals surface area contributed by atoms with Crippen LogP contribution in [0.1, 0.15) is 0 Å². The van der Waals surface area contributed by atoms with E-state index in [2.05, 4.69) is 9.71 Å². The van der Waals surface area contributed by atoms with E-state index in [-0.39, 0.29) is 0 Å². The van der Waals surface area contributed by atoms with Gasteiger partial charge in [-0.3, -0.25) is 4.72 Å². The van der Waals surface area contributed by atoms with Crippen LogP contribution in [0.4, 0.5) is 5.69 Å². The lowest BCUT2D eigenvalue weighted by Crippen LogP contribution is -2.33. The lowest BCUT2D eigenvalue weighted by molar-refractivity contribution is 0.482. The highest BCUT2D eigenvalue weighted by Gasteiger charge is 2.18. The molecule has 108 valence electrons. The van der Waals surface area contributed by atoms with Crippen molar-refractivity contribution in [1.82, 2.24) is 9.62 Å². The summed E-state index contributed by atoms with van der Waals surface area (Å²) in [4.78, 5) is 7.55. The number of fused-ring (bicyclic) bond motifs is 1. The van der Waals surface area contributed by atoms with E-state index in [4.69, 9.17) is 16.3 Å². The molecule has 0 aliphatic carbocycles. The topological polar surface area (TPSA) is 36.9 Å². The number of guanidine groups is 1. The van der Waals surface area contributed by atoms with Crippen molar-refractivity contribution in [2.24, 2.45) is 4.99 Å². The van der Waals surface area contributed by atoms with Crippen LogP contribution in [0, 0.1) is 0 Å². The molecule has 0 fully saturated rings. The average Bonchev–Trinajstić information content (AvgIpc) is 2.49. The lowest BCUT2D eigenvalue weighted by atomic mass is 10.3. The first-order valence-electron chi connectivity index (χ1n) is 6.39. The minimum Gasteiger partial charge on any atom is -0.453 e. The van der Waals surface area contributed by atoms with E-state index in [9.17, 15) is 0 Å². The van der Waals surface area contributed by atoms with E-state index in [0.717, 1.165) is 16.5 Å². The van der Waals surface area contributed by atoms with Crippen LogP contribution in [0.5, 0.6) is 11.5 Å². The Morgan fingerprint density at radius 1 is 1.10 bits per heavy atom. The highest BCUT2D eigenvalue weighted by Crippen LogP contribution is 2.42. The van der Waals surface area contributed by atoms with Crippen molar-refractivity contribution >= 4 is 35.2 Å². The van der Waals surface area contributed by atoms with Crippen LogP contribution >= 0.6 is 23.5 Å². The van der Waals surface area contributed by atoms with Crippen LogP contribution < -0.4 is 9.46 Å². The zero-order valence-corrected chi connectivity index (χ0v) is 13.2. The second kappa shape index (κ2) is 5.87. The minimum atomic E-state index is 0.577. The standard InChI is InChI=1S/C15H14ClN3OS/c1-19(2)15-17-14-12(8-5-9-13(14)21-18-15)20-11-7-4-3-6-10(11)16/h3-9H,1-2H3,(H,17,18). The number of rotatable bonds is 2. The molecule has 4 nitrogen and oxygen atoms in total. The number of aliphatic imine (C=N–C) groups is 1. The Morgan fingerprint density at radius 3 is 2.62 bits per heavy atom. The van der Waals surface area contributed by atoms with Crippen molar-refractivity contribution in [2.75, 3.05) is 14.1 Å². The molecule has 0 bridgehead atoms. The lowest BCUT2D eigenvalue weighted by Gasteiger charge is -2.23. The van der Waals surface area contributed by atoms with Gasteiger partial charge in [-0.1, -0.05) is 29.8 Å². The Hall–Kier alpha value is -1.85. The quantitative estimate of drug-likeness (QED) is 0.838. The van der Waals surface area contributed by atoms with Gasteiger partial charge in [-0.25, -0.2) is 4.99 Å². The van der Waals surface area contributed by atoms with Crippen molar-refractivity contribution in [2.45, 2.75) is 4.90 Å². The molecule has 0 amide bonds. The molecule has 0 aromatic heterocycles. The van der Waals surface area contributed by atoms with Crippen LogP contribution in [0.3, 0.4) is 0 Å². The number of ether oxygens (including phenoxy) is 1. The summed E-state index contributed by atoms with van der Waals surface area (Å²) in [6.45, 7) is 0. The van der Waals surface area contributed by atoms with Gasteiger partial charge in [-0.05, 0) is 36.2 Å². The Bertz CT molecular complexity index is 703.